The largest absolute Gasteiger partial charge is 0.376 e. The summed E-state index contributed by atoms with van der Waals surface area (Å²) in [7, 11) is 0. The molecule has 1 fully saturated rings. The van der Waals surface area contributed by atoms with Crippen molar-refractivity contribution in [1.29, 1.82) is 0 Å². The van der Waals surface area contributed by atoms with Crippen LogP contribution in [0.5, 0.6) is 0 Å². The first-order valence-corrected chi connectivity index (χ1v) is 8.69. The fourth-order valence-electron chi connectivity index (χ4n) is 3.01. The molecule has 3 aromatic rings. The monoisotopic (exact) mass is 349 g/mol. The summed E-state index contributed by atoms with van der Waals surface area (Å²) >= 11 is 0. The van der Waals surface area contributed by atoms with E-state index in [1.807, 2.05) is 48.5 Å². The van der Waals surface area contributed by atoms with Gasteiger partial charge >= 0.3 is 0 Å². The van der Waals surface area contributed by atoms with E-state index in [0.29, 0.717) is 29.4 Å². The van der Waals surface area contributed by atoms with Gasteiger partial charge in [0.05, 0.1) is 17.2 Å². The van der Waals surface area contributed by atoms with Gasteiger partial charge in [-0.1, -0.05) is 47.6 Å². The van der Waals surface area contributed by atoms with Gasteiger partial charge in [-0.15, -0.1) is 0 Å². The van der Waals surface area contributed by atoms with Crippen LogP contribution in [0.2, 0.25) is 0 Å². The summed E-state index contributed by atoms with van der Waals surface area (Å²) < 4.78 is 11.0. The zero-order valence-electron chi connectivity index (χ0n) is 14.2. The van der Waals surface area contributed by atoms with Crippen molar-refractivity contribution in [3.63, 3.8) is 0 Å². The second kappa shape index (κ2) is 7.49. The Balaban J connectivity index is 1.56. The van der Waals surface area contributed by atoms with Crippen molar-refractivity contribution < 1.29 is 14.1 Å². The average molecular weight is 349 g/mol. The molecule has 0 spiro atoms. The van der Waals surface area contributed by atoms with Crippen LogP contribution in [0.3, 0.4) is 0 Å². The van der Waals surface area contributed by atoms with Gasteiger partial charge in [-0.05, 0) is 25.0 Å². The Hall–Kier alpha value is -2.99. The van der Waals surface area contributed by atoms with E-state index in [4.69, 9.17) is 9.26 Å². The van der Waals surface area contributed by atoms with E-state index in [-0.39, 0.29) is 12.0 Å². The molecule has 0 unspecified atom stereocenters. The number of hydrogen-bond acceptors (Lipinski definition) is 5. The zero-order valence-corrected chi connectivity index (χ0v) is 14.2. The maximum Gasteiger partial charge on any atom is 0.259 e. The predicted octanol–water partition coefficient (Wildman–Crippen LogP) is 3.31. The molecule has 0 saturated carbocycles. The van der Waals surface area contributed by atoms with Gasteiger partial charge < -0.3 is 14.6 Å². The van der Waals surface area contributed by atoms with Crippen LogP contribution in [0.4, 0.5) is 0 Å². The number of ether oxygens (including phenoxy) is 1. The van der Waals surface area contributed by atoms with Crippen LogP contribution in [-0.4, -0.2) is 35.3 Å². The highest BCUT2D eigenvalue weighted by Gasteiger charge is 2.20. The summed E-state index contributed by atoms with van der Waals surface area (Å²) in [5.41, 5.74) is 1.99. The smallest absolute Gasteiger partial charge is 0.259 e. The average Bonchev–Trinajstić information content (AvgIpc) is 3.39. The number of carbonyl (C=O) groups excluding carboxylic acids is 1. The molecule has 132 valence electrons. The van der Waals surface area contributed by atoms with Crippen molar-refractivity contribution in [2.45, 2.75) is 18.9 Å². The number of amides is 1. The second-order valence-corrected chi connectivity index (χ2v) is 6.18. The van der Waals surface area contributed by atoms with E-state index in [9.17, 15) is 4.79 Å². The van der Waals surface area contributed by atoms with Crippen molar-refractivity contribution in [2.75, 3.05) is 13.2 Å². The minimum atomic E-state index is -0.171. The summed E-state index contributed by atoms with van der Waals surface area (Å²) in [6.45, 7) is 1.27. The molecular formula is C20H19N3O3. The Morgan fingerprint density at radius 3 is 2.73 bits per heavy atom. The Morgan fingerprint density at radius 1 is 1.12 bits per heavy atom. The van der Waals surface area contributed by atoms with Gasteiger partial charge in [-0.3, -0.25) is 4.79 Å². The Bertz CT molecular complexity index is 886. The van der Waals surface area contributed by atoms with Gasteiger partial charge in [-0.2, -0.15) is 4.98 Å². The highest BCUT2D eigenvalue weighted by atomic mass is 16.5. The Kier molecular flexibility index (Phi) is 4.75. The van der Waals surface area contributed by atoms with Crippen LogP contribution in [0.1, 0.15) is 23.2 Å². The summed E-state index contributed by atoms with van der Waals surface area (Å²) in [5, 5.41) is 6.97. The van der Waals surface area contributed by atoms with Crippen molar-refractivity contribution in [2.24, 2.45) is 0 Å². The molecular weight excluding hydrogens is 330 g/mol. The zero-order chi connectivity index (χ0) is 17.8. The summed E-state index contributed by atoms with van der Waals surface area (Å²) in [5.74, 6) is 0.650. The Labute approximate surface area is 151 Å². The lowest BCUT2D eigenvalue weighted by molar-refractivity contribution is 0.0858. The molecule has 6 heteroatoms. The molecule has 1 N–H and O–H groups in total. The fraction of sp³-hybridized carbons (Fsp3) is 0.250. The minimum absolute atomic E-state index is 0.0965. The molecule has 1 atom stereocenters. The maximum atomic E-state index is 12.6. The van der Waals surface area contributed by atoms with E-state index >= 15 is 0 Å². The topological polar surface area (TPSA) is 77.2 Å². The number of benzene rings is 2. The molecule has 0 aliphatic carbocycles. The van der Waals surface area contributed by atoms with Gasteiger partial charge in [-0.25, -0.2) is 0 Å². The number of carbonyl (C=O) groups is 1. The third-order valence-electron chi connectivity index (χ3n) is 4.37. The first kappa shape index (κ1) is 16.5. The van der Waals surface area contributed by atoms with Crippen molar-refractivity contribution in [3.8, 4) is 22.8 Å². The first-order chi connectivity index (χ1) is 12.8. The summed E-state index contributed by atoms with van der Waals surface area (Å²) in [6.07, 6.45) is 2.12. The predicted molar refractivity (Wildman–Crippen MR) is 96.5 cm³/mol. The number of nitrogens with zero attached hydrogens (tertiary/aromatic N) is 2. The van der Waals surface area contributed by atoms with Crippen LogP contribution >= 0.6 is 0 Å². The SMILES string of the molecule is O=C(NC[C@H]1CCCO1)c1ccccc1-c1nc(-c2ccccc2)no1. The molecule has 1 saturated heterocycles. The van der Waals surface area contributed by atoms with Crippen LogP contribution in [0.15, 0.2) is 59.1 Å². The molecule has 6 nitrogen and oxygen atoms in total. The summed E-state index contributed by atoms with van der Waals surface area (Å²) in [6, 6.07) is 16.8. The number of hydrogen-bond donors (Lipinski definition) is 1. The molecule has 0 radical (unpaired) electrons. The van der Waals surface area contributed by atoms with Gasteiger partial charge in [0.2, 0.25) is 5.82 Å². The lowest BCUT2D eigenvalue weighted by Crippen LogP contribution is -2.32. The van der Waals surface area contributed by atoms with Crippen LogP contribution in [-0.2, 0) is 4.74 Å². The molecule has 1 aromatic heterocycles. The lowest BCUT2D eigenvalue weighted by atomic mass is 10.1. The van der Waals surface area contributed by atoms with E-state index in [1.165, 1.54) is 0 Å². The van der Waals surface area contributed by atoms with Crippen molar-refractivity contribution >= 4 is 5.91 Å². The summed E-state index contributed by atoms with van der Waals surface area (Å²) in [4.78, 5) is 17.1. The van der Waals surface area contributed by atoms with E-state index in [2.05, 4.69) is 15.5 Å². The number of rotatable bonds is 5. The first-order valence-electron chi connectivity index (χ1n) is 8.69. The van der Waals surface area contributed by atoms with Crippen LogP contribution in [0.25, 0.3) is 22.8 Å². The van der Waals surface area contributed by atoms with Gasteiger partial charge in [0.25, 0.3) is 11.8 Å². The third-order valence-corrected chi connectivity index (χ3v) is 4.37. The van der Waals surface area contributed by atoms with Gasteiger partial charge in [0.15, 0.2) is 0 Å². The Morgan fingerprint density at radius 2 is 1.92 bits per heavy atom. The maximum absolute atomic E-state index is 12.6. The molecule has 4 rings (SSSR count). The molecule has 1 aliphatic heterocycles. The fourth-order valence-corrected chi connectivity index (χ4v) is 3.01. The highest BCUT2D eigenvalue weighted by molar-refractivity contribution is 6.00. The van der Waals surface area contributed by atoms with E-state index in [0.717, 1.165) is 25.0 Å². The quantitative estimate of drug-likeness (QED) is 0.765. The van der Waals surface area contributed by atoms with Crippen molar-refractivity contribution in [1.82, 2.24) is 15.5 Å². The van der Waals surface area contributed by atoms with Gasteiger partial charge in [0, 0.05) is 18.7 Å². The molecule has 2 aromatic carbocycles. The minimum Gasteiger partial charge on any atom is -0.376 e. The van der Waals surface area contributed by atoms with Crippen molar-refractivity contribution in [3.05, 3.63) is 60.2 Å². The standard InChI is InChI=1S/C20H19N3O3/c24-19(21-13-15-9-6-12-25-15)16-10-4-5-11-17(16)20-22-18(23-26-20)14-7-2-1-3-8-14/h1-5,7-8,10-11,15H,6,9,12-13H2,(H,21,24)/t15-/m1/s1. The molecule has 26 heavy (non-hydrogen) atoms. The highest BCUT2D eigenvalue weighted by Crippen LogP contribution is 2.25. The molecule has 2 heterocycles. The normalized spacial score (nSPS) is 16.5. The lowest BCUT2D eigenvalue weighted by Gasteiger charge is -2.11. The second-order valence-electron chi connectivity index (χ2n) is 6.18. The van der Waals surface area contributed by atoms with Gasteiger partial charge in [0.1, 0.15) is 0 Å². The van der Waals surface area contributed by atoms with Crippen LogP contribution < -0.4 is 5.32 Å². The molecule has 1 amide bonds. The van der Waals surface area contributed by atoms with Crippen LogP contribution in [0, 0.1) is 0 Å². The third kappa shape index (κ3) is 3.50. The number of aromatic nitrogens is 2. The van der Waals surface area contributed by atoms with E-state index < -0.39 is 0 Å². The molecule has 0 bridgehead atoms. The molecule has 1 aliphatic rings. The van der Waals surface area contributed by atoms with E-state index in [1.54, 1.807) is 6.07 Å². The number of nitrogens with one attached hydrogen (secondary N) is 1.